The molecule has 1 aliphatic rings. The van der Waals surface area contributed by atoms with E-state index >= 15 is 0 Å². The first-order valence-electron chi connectivity index (χ1n) is 15.3. The molecule has 4 heteroatoms. The fraction of sp³-hybridized carbons (Fsp3) is 0.0244. The second-order valence-electron chi connectivity index (χ2n) is 11.6. The van der Waals surface area contributed by atoms with Crippen LogP contribution in [-0.2, 0) is 0 Å². The highest BCUT2D eigenvalue weighted by Crippen LogP contribution is 2.35. The Hall–Kier alpha value is -6.00. The van der Waals surface area contributed by atoms with Crippen LogP contribution in [0.1, 0.15) is 11.7 Å². The second-order valence-corrected chi connectivity index (χ2v) is 11.6. The first-order valence-corrected chi connectivity index (χ1v) is 15.3. The lowest BCUT2D eigenvalue weighted by molar-refractivity contribution is 0.722. The molecule has 0 radical (unpaired) electrons. The van der Waals surface area contributed by atoms with Gasteiger partial charge in [-0.25, -0.2) is 0 Å². The van der Waals surface area contributed by atoms with E-state index in [1.165, 1.54) is 32.5 Å². The van der Waals surface area contributed by atoms with Crippen molar-refractivity contribution in [3.8, 4) is 28.1 Å². The summed E-state index contributed by atoms with van der Waals surface area (Å²) in [6, 6.07) is 43.6. The quantitative estimate of drug-likeness (QED) is 0.212. The van der Waals surface area contributed by atoms with Crippen LogP contribution in [0.25, 0.3) is 71.4 Å². The summed E-state index contributed by atoms with van der Waals surface area (Å²) in [5.41, 5.74) is 8.69. The van der Waals surface area contributed by atoms with Crippen molar-refractivity contribution in [2.45, 2.75) is 6.04 Å². The van der Waals surface area contributed by atoms with Crippen LogP contribution in [0.5, 0.6) is 0 Å². The Morgan fingerprint density at radius 1 is 0.578 bits per heavy atom. The number of allylic oxidation sites excluding steroid dienone is 2. The van der Waals surface area contributed by atoms with Gasteiger partial charge in [0, 0.05) is 34.4 Å². The molecule has 0 amide bonds. The van der Waals surface area contributed by atoms with E-state index in [4.69, 9.17) is 4.98 Å². The molecule has 0 aliphatic carbocycles. The van der Waals surface area contributed by atoms with Crippen molar-refractivity contribution in [3.05, 3.63) is 164 Å². The molecule has 5 aromatic carbocycles. The van der Waals surface area contributed by atoms with E-state index in [9.17, 15) is 0 Å². The lowest BCUT2D eigenvalue weighted by atomic mass is 9.95. The van der Waals surface area contributed by atoms with E-state index < -0.39 is 0 Å². The van der Waals surface area contributed by atoms with Crippen LogP contribution in [0.15, 0.2) is 158 Å². The molecule has 1 unspecified atom stereocenters. The van der Waals surface area contributed by atoms with Crippen molar-refractivity contribution in [3.63, 3.8) is 0 Å². The van der Waals surface area contributed by atoms with Crippen molar-refractivity contribution in [1.29, 1.82) is 0 Å². The first kappa shape index (κ1) is 25.5. The van der Waals surface area contributed by atoms with Crippen LogP contribution in [0.2, 0.25) is 0 Å². The Bertz CT molecular complexity index is 2430. The smallest absolute Gasteiger partial charge is 0.0869 e. The highest BCUT2D eigenvalue weighted by atomic mass is 15.0. The average Bonchev–Trinajstić information content (AvgIpc) is 3.46. The van der Waals surface area contributed by atoms with E-state index in [1.54, 1.807) is 0 Å². The molecule has 0 saturated heterocycles. The maximum absolute atomic E-state index is 5.24. The van der Waals surface area contributed by atoms with Gasteiger partial charge < -0.3 is 9.88 Å². The van der Waals surface area contributed by atoms with Gasteiger partial charge in [-0.05, 0) is 87.4 Å². The predicted octanol–water partition coefficient (Wildman–Crippen LogP) is 9.93. The van der Waals surface area contributed by atoms with Gasteiger partial charge in [-0.1, -0.05) is 91.0 Å². The normalized spacial score (nSPS) is 14.4. The second kappa shape index (κ2) is 10.3. The zero-order chi connectivity index (χ0) is 29.7. The number of dihydropyridines is 1. The number of nitrogens with one attached hydrogen (secondary N) is 1. The average molecular weight is 577 g/mol. The standard InChI is InChI=1S/C41H28N4/c1-2-11-33-27(8-1)15-16-29-22-28(17-18-34(29)33)31-24-38(44-39(25-31)37-13-5-6-20-43-37)30-9-7-10-32(23-30)45-40-14-4-3-12-35(40)36-26-42-21-19-41(36)45/h1-26,37,43H. The monoisotopic (exact) mass is 576 g/mol. The van der Waals surface area contributed by atoms with E-state index in [1.807, 2.05) is 24.7 Å². The van der Waals surface area contributed by atoms with Crippen molar-refractivity contribution in [2.75, 3.05) is 0 Å². The molecule has 0 fully saturated rings. The lowest BCUT2D eigenvalue weighted by Gasteiger charge is -2.18. The van der Waals surface area contributed by atoms with Gasteiger partial charge in [0.15, 0.2) is 0 Å². The number of rotatable bonds is 4. The number of hydrogen-bond acceptors (Lipinski definition) is 3. The molecule has 1 atom stereocenters. The van der Waals surface area contributed by atoms with Crippen molar-refractivity contribution >= 4 is 43.4 Å². The van der Waals surface area contributed by atoms with Crippen LogP contribution in [0.4, 0.5) is 0 Å². The number of fused-ring (bicyclic) bond motifs is 6. The topological polar surface area (TPSA) is 42.7 Å². The Kier molecular flexibility index (Phi) is 5.85. The Balaban J connectivity index is 1.21. The van der Waals surface area contributed by atoms with Crippen LogP contribution in [-0.4, -0.2) is 14.5 Å². The Morgan fingerprint density at radius 3 is 2.36 bits per heavy atom. The molecule has 9 rings (SSSR count). The number of benzene rings is 5. The molecule has 45 heavy (non-hydrogen) atoms. The molecule has 212 valence electrons. The van der Waals surface area contributed by atoms with Gasteiger partial charge in [0.25, 0.3) is 0 Å². The molecule has 1 aliphatic heterocycles. The minimum absolute atomic E-state index is 0.00822. The van der Waals surface area contributed by atoms with Gasteiger partial charge in [-0.2, -0.15) is 0 Å². The van der Waals surface area contributed by atoms with Gasteiger partial charge in [0.1, 0.15) is 0 Å². The fourth-order valence-electron chi connectivity index (χ4n) is 6.75. The van der Waals surface area contributed by atoms with Crippen molar-refractivity contribution in [1.82, 2.24) is 19.9 Å². The van der Waals surface area contributed by atoms with Gasteiger partial charge in [0.2, 0.25) is 0 Å². The van der Waals surface area contributed by atoms with Gasteiger partial charge in [-0.15, -0.1) is 0 Å². The maximum atomic E-state index is 5.24. The third-order valence-corrected chi connectivity index (χ3v) is 8.90. The molecule has 4 heterocycles. The summed E-state index contributed by atoms with van der Waals surface area (Å²) in [5.74, 6) is 0. The van der Waals surface area contributed by atoms with Crippen LogP contribution < -0.4 is 5.32 Å². The summed E-state index contributed by atoms with van der Waals surface area (Å²) >= 11 is 0. The number of hydrogen-bond donors (Lipinski definition) is 1. The molecule has 4 nitrogen and oxygen atoms in total. The summed E-state index contributed by atoms with van der Waals surface area (Å²) in [7, 11) is 0. The molecule has 0 bridgehead atoms. The Labute approximate surface area is 260 Å². The van der Waals surface area contributed by atoms with E-state index in [2.05, 4.69) is 148 Å². The summed E-state index contributed by atoms with van der Waals surface area (Å²) in [4.78, 5) is 9.66. The minimum Gasteiger partial charge on any atom is -0.379 e. The van der Waals surface area contributed by atoms with Gasteiger partial charge in [-0.3, -0.25) is 9.97 Å². The van der Waals surface area contributed by atoms with Crippen molar-refractivity contribution in [2.24, 2.45) is 0 Å². The molecular formula is C41H28N4. The highest BCUT2D eigenvalue weighted by molar-refractivity contribution is 6.09. The maximum Gasteiger partial charge on any atom is 0.0869 e. The number of pyridine rings is 2. The van der Waals surface area contributed by atoms with Crippen LogP contribution >= 0.6 is 0 Å². The molecule has 8 aromatic rings. The molecular weight excluding hydrogens is 548 g/mol. The molecule has 0 saturated carbocycles. The predicted molar refractivity (Wildman–Crippen MR) is 186 cm³/mol. The largest absolute Gasteiger partial charge is 0.379 e. The van der Waals surface area contributed by atoms with Crippen molar-refractivity contribution < 1.29 is 0 Å². The highest BCUT2D eigenvalue weighted by Gasteiger charge is 2.16. The van der Waals surface area contributed by atoms with Crippen LogP contribution in [0.3, 0.4) is 0 Å². The summed E-state index contributed by atoms with van der Waals surface area (Å²) in [6.07, 6.45) is 12.1. The number of nitrogens with zero attached hydrogens (tertiary/aromatic N) is 3. The van der Waals surface area contributed by atoms with Crippen LogP contribution in [0, 0.1) is 0 Å². The minimum atomic E-state index is -0.00822. The SMILES string of the molecule is C1=CNC(c2cc(-c3ccc4c(ccc5ccccc54)c3)cc(-c3cccc(-n4c5ccccc5c5cnccc54)c3)n2)C=C1. The van der Waals surface area contributed by atoms with Gasteiger partial charge in [0.05, 0.1) is 28.5 Å². The first-order chi connectivity index (χ1) is 22.3. The third-order valence-electron chi connectivity index (χ3n) is 8.90. The lowest BCUT2D eigenvalue weighted by Crippen LogP contribution is -2.16. The molecule has 0 spiro atoms. The van der Waals surface area contributed by atoms with Gasteiger partial charge >= 0.3 is 0 Å². The molecule has 3 aromatic heterocycles. The number of para-hydroxylation sites is 1. The number of aromatic nitrogens is 3. The van der Waals surface area contributed by atoms with E-state index in [0.717, 1.165) is 44.6 Å². The fourth-order valence-corrected chi connectivity index (χ4v) is 6.75. The summed E-state index contributed by atoms with van der Waals surface area (Å²) in [5, 5.41) is 10.8. The Morgan fingerprint density at radius 2 is 1.42 bits per heavy atom. The van der Waals surface area contributed by atoms with E-state index in [0.29, 0.717) is 0 Å². The zero-order valence-electron chi connectivity index (χ0n) is 24.4. The summed E-state index contributed by atoms with van der Waals surface area (Å²) in [6.45, 7) is 0. The summed E-state index contributed by atoms with van der Waals surface area (Å²) < 4.78 is 2.32. The third kappa shape index (κ3) is 4.30. The molecule has 1 N–H and O–H groups in total. The van der Waals surface area contributed by atoms with E-state index in [-0.39, 0.29) is 6.04 Å². The zero-order valence-corrected chi connectivity index (χ0v) is 24.4.